The first-order chi connectivity index (χ1) is 14.0. The van der Waals surface area contributed by atoms with Crippen molar-refractivity contribution in [3.8, 4) is 11.6 Å². The molecule has 9 nitrogen and oxygen atoms in total. The molecule has 1 amide bonds. The van der Waals surface area contributed by atoms with Crippen LogP contribution in [0.5, 0.6) is 11.6 Å². The zero-order valence-corrected chi connectivity index (χ0v) is 16.3. The van der Waals surface area contributed by atoms with Gasteiger partial charge in [0.25, 0.3) is 0 Å². The van der Waals surface area contributed by atoms with Crippen molar-refractivity contribution in [3.63, 3.8) is 0 Å². The van der Waals surface area contributed by atoms with Gasteiger partial charge in [-0.2, -0.15) is 4.98 Å². The lowest BCUT2D eigenvalue weighted by Gasteiger charge is -2.09. The third-order valence-electron chi connectivity index (χ3n) is 3.75. The normalized spacial score (nSPS) is 10.4. The average Bonchev–Trinajstić information content (AvgIpc) is 2.68. The van der Waals surface area contributed by atoms with E-state index in [1.165, 1.54) is 12.4 Å². The van der Waals surface area contributed by atoms with E-state index in [4.69, 9.17) is 21.4 Å². The van der Waals surface area contributed by atoms with Crippen LogP contribution in [0.3, 0.4) is 0 Å². The monoisotopic (exact) mass is 414 g/mol. The number of ether oxygens (including phenoxy) is 1. The van der Waals surface area contributed by atoms with Gasteiger partial charge in [0.05, 0.1) is 29.7 Å². The molecule has 0 aliphatic carbocycles. The third-order valence-corrected chi connectivity index (χ3v) is 3.95. The number of nitrogens with one attached hydrogen (secondary N) is 2. The molecule has 29 heavy (non-hydrogen) atoms. The SMILES string of the molecule is Cc1nc(CNc2ncc(Cl)cn2)cc(Oc2ccc(CCNC(=O)O)cc2)n1. The van der Waals surface area contributed by atoms with Crippen LogP contribution in [-0.4, -0.2) is 37.7 Å². The molecular formula is C19H19ClN6O3. The Morgan fingerprint density at radius 3 is 2.59 bits per heavy atom. The van der Waals surface area contributed by atoms with E-state index in [0.717, 1.165) is 11.3 Å². The van der Waals surface area contributed by atoms with Crippen LogP contribution in [0.15, 0.2) is 42.7 Å². The van der Waals surface area contributed by atoms with Crippen molar-refractivity contribution in [3.05, 3.63) is 64.8 Å². The van der Waals surface area contributed by atoms with Crippen LogP contribution in [0.2, 0.25) is 5.02 Å². The third kappa shape index (κ3) is 6.58. The van der Waals surface area contributed by atoms with E-state index >= 15 is 0 Å². The fourth-order valence-electron chi connectivity index (χ4n) is 2.47. The first-order valence-corrected chi connectivity index (χ1v) is 9.15. The number of anilines is 1. The Hall–Kier alpha value is -3.46. The lowest BCUT2D eigenvalue weighted by Crippen LogP contribution is -2.23. The van der Waals surface area contributed by atoms with Crippen molar-refractivity contribution in [2.75, 3.05) is 11.9 Å². The molecule has 150 valence electrons. The van der Waals surface area contributed by atoms with Crippen LogP contribution in [-0.2, 0) is 13.0 Å². The zero-order chi connectivity index (χ0) is 20.6. The van der Waals surface area contributed by atoms with E-state index in [2.05, 4.69) is 30.6 Å². The predicted octanol–water partition coefficient (Wildman–Crippen LogP) is 3.44. The van der Waals surface area contributed by atoms with Crippen molar-refractivity contribution in [2.24, 2.45) is 0 Å². The number of halogens is 1. The summed E-state index contributed by atoms with van der Waals surface area (Å²) in [4.78, 5) is 27.3. The zero-order valence-electron chi connectivity index (χ0n) is 15.6. The fraction of sp³-hybridized carbons (Fsp3) is 0.211. The molecule has 3 aromatic rings. The molecular weight excluding hydrogens is 396 g/mol. The number of nitrogens with zero attached hydrogens (tertiary/aromatic N) is 4. The van der Waals surface area contributed by atoms with Crippen LogP contribution in [0.4, 0.5) is 10.7 Å². The van der Waals surface area contributed by atoms with Gasteiger partial charge < -0.3 is 20.5 Å². The van der Waals surface area contributed by atoms with Crippen LogP contribution < -0.4 is 15.4 Å². The molecule has 10 heteroatoms. The van der Waals surface area contributed by atoms with Gasteiger partial charge in [0, 0.05) is 12.6 Å². The van der Waals surface area contributed by atoms with Crippen LogP contribution in [0.1, 0.15) is 17.1 Å². The summed E-state index contributed by atoms with van der Waals surface area (Å²) in [5, 5.41) is 14.5. The molecule has 3 N–H and O–H groups in total. The highest BCUT2D eigenvalue weighted by atomic mass is 35.5. The lowest BCUT2D eigenvalue weighted by molar-refractivity contribution is 0.194. The van der Waals surface area contributed by atoms with Crippen LogP contribution in [0, 0.1) is 6.92 Å². The number of hydrogen-bond donors (Lipinski definition) is 3. The topological polar surface area (TPSA) is 122 Å². The molecule has 0 saturated carbocycles. The van der Waals surface area contributed by atoms with Gasteiger partial charge in [0.15, 0.2) is 0 Å². The first kappa shape index (κ1) is 20.3. The van der Waals surface area contributed by atoms with E-state index in [-0.39, 0.29) is 0 Å². The Kier molecular flexibility index (Phi) is 6.75. The molecule has 0 bridgehead atoms. The molecule has 0 atom stereocenters. The first-order valence-electron chi connectivity index (χ1n) is 8.77. The Morgan fingerprint density at radius 2 is 1.90 bits per heavy atom. The highest BCUT2D eigenvalue weighted by molar-refractivity contribution is 6.30. The van der Waals surface area contributed by atoms with Crippen LogP contribution >= 0.6 is 11.6 Å². The van der Waals surface area contributed by atoms with Crippen LogP contribution in [0.25, 0.3) is 0 Å². The summed E-state index contributed by atoms with van der Waals surface area (Å²) in [6.07, 6.45) is 2.59. The minimum absolute atomic E-state index is 0.355. The Balaban J connectivity index is 1.60. The fourth-order valence-corrected chi connectivity index (χ4v) is 2.57. The second-order valence-corrected chi connectivity index (χ2v) is 6.49. The summed E-state index contributed by atoms with van der Waals surface area (Å²) in [6.45, 7) is 2.54. The quantitative estimate of drug-likeness (QED) is 0.512. The molecule has 0 fully saturated rings. The van der Waals surface area contributed by atoms with Gasteiger partial charge in [-0.25, -0.2) is 19.7 Å². The average molecular weight is 415 g/mol. The highest BCUT2D eigenvalue weighted by Crippen LogP contribution is 2.21. The van der Waals surface area contributed by atoms with Gasteiger partial charge in [-0.3, -0.25) is 0 Å². The predicted molar refractivity (Wildman–Crippen MR) is 107 cm³/mol. The summed E-state index contributed by atoms with van der Waals surface area (Å²) < 4.78 is 5.83. The molecule has 2 aromatic heterocycles. The molecule has 0 saturated heterocycles. The summed E-state index contributed by atoms with van der Waals surface area (Å²) in [5.74, 6) is 2.07. The molecule has 3 rings (SSSR count). The Morgan fingerprint density at radius 1 is 1.17 bits per heavy atom. The number of aryl methyl sites for hydroxylation is 1. The van der Waals surface area contributed by atoms with Gasteiger partial charge in [0.1, 0.15) is 11.6 Å². The molecule has 0 spiro atoms. The van der Waals surface area contributed by atoms with E-state index in [0.29, 0.717) is 47.9 Å². The summed E-state index contributed by atoms with van der Waals surface area (Å²) in [7, 11) is 0. The second-order valence-electron chi connectivity index (χ2n) is 6.05. The van der Waals surface area contributed by atoms with Gasteiger partial charge in [-0.15, -0.1) is 0 Å². The number of aromatic nitrogens is 4. The number of hydrogen-bond acceptors (Lipinski definition) is 7. The summed E-state index contributed by atoms with van der Waals surface area (Å²) >= 11 is 5.78. The maximum absolute atomic E-state index is 10.5. The Labute approximate surface area is 172 Å². The van der Waals surface area contributed by atoms with E-state index in [1.807, 2.05) is 24.3 Å². The molecule has 1 aromatic carbocycles. The number of rotatable bonds is 8. The van der Waals surface area contributed by atoms with E-state index in [9.17, 15) is 4.79 Å². The summed E-state index contributed by atoms with van der Waals surface area (Å²) in [5.41, 5.74) is 1.72. The van der Waals surface area contributed by atoms with Crippen molar-refractivity contribution in [1.29, 1.82) is 0 Å². The maximum Gasteiger partial charge on any atom is 0.404 e. The lowest BCUT2D eigenvalue weighted by atomic mass is 10.1. The van der Waals surface area contributed by atoms with Crippen molar-refractivity contribution in [2.45, 2.75) is 19.9 Å². The smallest absolute Gasteiger partial charge is 0.404 e. The number of carboxylic acid groups (broad SMARTS) is 1. The maximum atomic E-state index is 10.5. The second kappa shape index (κ2) is 9.65. The molecule has 0 unspecified atom stereocenters. The van der Waals surface area contributed by atoms with Crippen molar-refractivity contribution < 1.29 is 14.6 Å². The molecule has 0 radical (unpaired) electrons. The van der Waals surface area contributed by atoms with Crippen molar-refractivity contribution in [1.82, 2.24) is 25.3 Å². The standard InChI is InChI=1S/C19H19ClN6O3/c1-12-25-15(11-24-18-22-9-14(20)10-23-18)8-17(26-12)29-16-4-2-13(3-5-16)6-7-21-19(27)28/h2-5,8-10,21H,6-7,11H2,1H3,(H,27,28)(H,22,23,24). The molecule has 2 heterocycles. The van der Waals surface area contributed by atoms with Gasteiger partial charge in [0.2, 0.25) is 11.8 Å². The largest absolute Gasteiger partial charge is 0.465 e. The van der Waals surface area contributed by atoms with Gasteiger partial charge in [-0.05, 0) is 31.0 Å². The molecule has 0 aliphatic rings. The number of amides is 1. The number of carbonyl (C=O) groups is 1. The Bertz CT molecular complexity index is 967. The van der Waals surface area contributed by atoms with Gasteiger partial charge in [-0.1, -0.05) is 23.7 Å². The summed E-state index contributed by atoms with van der Waals surface area (Å²) in [6, 6.07) is 9.13. The van der Waals surface area contributed by atoms with Gasteiger partial charge >= 0.3 is 6.09 Å². The van der Waals surface area contributed by atoms with Crippen molar-refractivity contribution >= 4 is 23.6 Å². The number of benzene rings is 1. The van der Waals surface area contributed by atoms with E-state index in [1.54, 1.807) is 13.0 Å². The minimum atomic E-state index is -1.03. The molecule has 0 aliphatic heterocycles. The van der Waals surface area contributed by atoms with E-state index < -0.39 is 6.09 Å². The minimum Gasteiger partial charge on any atom is -0.465 e. The highest BCUT2D eigenvalue weighted by Gasteiger charge is 2.06.